The predicted octanol–water partition coefficient (Wildman–Crippen LogP) is 2.23. The third-order valence-electron chi connectivity index (χ3n) is 4.31. The Bertz CT molecular complexity index is 270. The monoisotopic (exact) mass is 257 g/mol. The molecule has 1 heterocycles. The van der Waals surface area contributed by atoms with Crippen molar-refractivity contribution in [2.75, 3.05) is 20.3 Å². The highest BCUT2D eigenvalue weighted by Gasteiger charge is 2.38. The first-order chi connectivity index (χ1) is 8.51. The lowest BCUT2D eigenvalue weighted by atomic mass is 9.94. The Morgan fingerprint density at radius 1 is 1.39 bits per heavy atom. The molecule has 4 nitrogen and oxygen atoms in total. The Kier molecular flexibility index (Phi) is 6.09. The van der Waals surface area contributed by atoms with Crippen molar-refractivity contribution >= 4 is 5.97 Å². The summed E-state index contributed by atoms with van der Waals surface area (Å²) < 4.78 is 5.36. The zero-order valence-corrected chi connectivity index (χ0v) is 12.1. The van der Waals surface area contributed by atoms with Crippen LogP contribution < -0.4 is 0 Å². The maximum absolute atomic E-state index is 11.2. The number of carboxylic acids is 1. The maximum Gasteiger partial charge on any atom is 0.310 e. The average Bonchev–Trinajstić information content (AvgIpc) is 2.83. The Morgan fingerprint density at radius 2 is 2.06 bits per heavy atom. The normalized spacial score (nSPS) is 27.4. The van der Waals surface area contributed by atoms with Crippen molar-refractivity contribution in [3.8, 4) is 0 Å². The smallest absolute Gasteiger partial charge is 0.310 e. The Morgan fingerprint density at radius 3 is 2.56 bits per heavy atom. The van der Waals surface area contributed by atoms with Crippen molar-refractivity contribution in [3.05, 3.63) is 0 Å². The summed E-state index contributed by atoms with van der Waals surface area (Å²) >= 11 is 0. The quantitative estimate of drug-likeness (QED) is 0.760. The number of hydrogen-bond acceptors (Lipinski definition) is 3. The van der Waals surface area contributed by atoms with Crippen LogP contribution in [0.5, 0.6) is 0 Å². The standard InChI is InChI=1S/C14H27NO3/c1-5-10(3)7-11(6-2)15(4)13-9-18-8-12(13)14(16)17/h10-13H,5-9H2,1-4H3,(H,16,17). The van der Waals surface area contributed by atoms with E-state index < -0.39 is 5.97 Å². The molecule has 4 heteroatoms. The zero-order valence-electron chi connectivity index (χ0n) is 12.1. The number of hydrogen-bond donors (Lipinski definition) is 1. The van der Waals surface area contributed by atoms with Crippen LogP contribution >= 0.6 is 0 Å². The first kappa shape index (κ1) is 15.4. The van der Waals surface area contributed by atoms with Crippen LogP contribution in [-0.4, -0.2) is 48.3 Å². The average molecular weight is 257 g/mol. The van der Waals surface area contributed by atoms with Gasteiger partial charge in [-0.1, -0.05) is 27.2 Å². The third-order valence-corrected chi connectivity index (χ3v) is 4.31. The first-order valence-electron chi connectivity index (χ1n) is 7.03. The topological polar surface area (TPSA) is 49.8 Å². The first-order valence-corrected chi connectivity index (χ1v) is 7.03. The van der Waals surface area contributed by atoms with E-state index in [4.69, 9.17) is 4.74 Å². The number of rotatable bonds is 7. The second-order valence-electron chi connectivity index (χ2n) is 5.53. The third kappa shape index (κ3) is 3.69. The Labute approximate surface area is 110 Å². The van der Waals surface area contributed by atoms with E-state index in [2.05, 4.69) is 25.7 Å². The molecule has 1 saturated heterocycles. The summed E-state index contributed by atoms with van der Waals surface area (Å²) in [6.45, 7) is 7.54. The van der Waals surface area contributed by atoms with Crippen LogP contribution in [0.25, 0.3) is 0 Å². The molecule has 4 unspecified atom stereocenters. The van der Waals surface area contributed by atoms with Crippen LogP contribution in [0.3, 0.4) is 0 Å². The molecule has 1 aliphatic heterocycles. The van der Waals surface area contributed by atoms with E-state index in [1.165, 1.54) is 6.42 Å². The SMILES string of the molecule is CCC(C)CC(CC)N(C)C1COCC1C(=O)O. The van der Waals surface area contributed by atoms with Crippen LogP contribution in [0.4, 0.5) is 0 Å². The van der Waals surface area contributed by atoms with E-state index in [0.717, 1.165) is 12.8 Å². The van der Waals surface area contributed by atoms with Crippen molar-refractivity contribution in [1.29, 1.82) is 0 Å². The largest absolute Gasteiger partial charge is 0.481 e. The van der Waals surface area contributed by atoms with Crippen LogP contribution in [0, 0.1) is 11.8 Å². The summed E-state index contributed by atoms with van der Waals surface area (Å²) in [7, 11) is 2.05. The molecule has 4 atom stereocenters. The summed E-state index contributed by atoms with van der Waals surface area (Å²) in [4.78, 5) is 13.4. The van der Waals surface area contributed by atoms with E-state index in [1.807, 2.05) is 7.05 Å². The number of nitrogens with zero attached hydrogens (tertiary/aromatic N) is 1. The van der Waals surface area contributed by atoms with E-state index >= 15 is 0 Å². The van der Waals surface area contributed by atoms with Gasteiger partial charge in [-0.3, -0.25) is 9.69 Å². The lowest BCUT2D eigenvalue weighted by molar-refractivity contribution is -0.143. The fraction of sp³-hybridized carbons (Fsp3) is 0.929. The van der Waals surface area contributed by atoms with Gasteiger partial charge in [-0.2, -0.15) is 0 Å². The van der Waals surface area contributed by atoms with Gasteiger partial charge in [0, 0.05) is 12.1 Å². The van der Waals surface area contributed by atoms with Crippen LogP contribution in [-0.2, 0) is 9.53 Å². The van der Waals surface area contributed by atoms with E-state index in [0.29, 0.717) is 25.2 Å². The van der Waals surface area contributed by atoms with E-state index in [9.17, 15) is 9.90 Å². The summed E-state index contributed by atoms with van der Waals surface area (Å²) in [5, 5.41) is 9.21. The fourth-order valence-corrected chi connectivity index (χ4v) is 2.70. The van der Waals surface area contributed by atoms with Crippen molar-refractivity contribution in [2.24, 2.45) is 11.8 Å². The molecule has 1 aliphatic rings. The predicted molar refractivity (Wildman–Crippen MR) is 71.6 cm³/mol. The molecule has 0 aliphatic carbocycles. The number of carboxylic acid groups (broad SMARTS) is 1. The second-order valence-corrected chi connectivity index (χ2v) is 5.53. The van der Waals surface area contributed by atoms with Crippen molar-refractivity contribution < 1.29 is 14.6 Å². The summed E-state index contributed by atoms with van der Waals surface area (Å²) in [5.74, 6) is -0.424. The summed E-state index contributed by atoms with van der Waals surface area (Å²) in [6.07, 6.45) is 3.36. The Hall–Kier alpha value is -0.610. The maximum atomic E-state index is 11.2. The molecule has 1 N–H and O–H groups in total. The van der Waals surface area contributed by atoms with Gasteiger partial charge in [-0.15, -0.1) is 0 Å². The van der Waals surface area contributed by atoms with Gasteiger partial charge in [0.05, 0.1) is 19.1 Å². The number of carbonyl (C=O) groups is 1. The molecular formula is C14H27NO3. The van der Waals surface area contributed by atoms with Crippen molar-refractivity contribution in [1.82, 2.24) is 4.90 Å². The van der Waals surface area contributed by atoms with Gasteiger partial charge in [0.1, 0.15) is 0 Å². The van der Waals surface area contributed by atoms with Gasteiger partial charge >= 0.3 is 5.97 Å². The number of likely N-dealkylation sites (N-methyl/N-ethyl adjacent to an activating group) is 1. The fourth-order valence-electron chi connectivity index (χ4n) is 2.70. The van der Waals surface area contributed by atoms with Gasteiger partial charge in [0.2, 0.25) is 0 Å². The molecule has 0 aromatic rings. The van der Waals surface area contributed by atoms with Gasteiger partial charge < -0.3 is 9.84 Å². The van der Waals surface area contributed by atoms with Gasteiger partial charge in [0.25, 0.3) is 0 Å². The van der Waals surface area contributed by atoms with Gasteiger partial charge in [-0.05, 0) is 25.8 Å². The van der Waals surface area contributed by atoms with Crippen LogP contribution in [0.1, 0.15) is 40.0 Å². The molecule has 0 aromatic heterocycles. The lowest BCUT2D eigenvalue weighted by Crippen LogP contribution is -2.46. The highest BCUT2D eigenvalue weighted by molar-refractivity contribution is 5.71. The molecule has 0 bridgehead atoms. The summed E-state index contributed by atoms with van der Waals surface area (Å²) in [5.41, 5.74) is 0. The minimum atomic E-state index is -0.734. The number of ether oxygens (including phenoxy) is 1. The van der Waals surface area contributed by atoms with Crippen molar-refractivity contribution in [3.63, 3.8) is 0 Å². The molecule has 0 radical (unpaired) electrons. The van der Waals surface area contributed by atoms with Gasteiger partial charge in [-0.25, -0.2) is 0 Å². The highest BCUT2D eigenvalue weighted by Crippen LogP contribution is 2.25. The molecular weight excluding hydrogens is 230 g/mol. The molecule has 0 amide bonds. The van der Waals surface area contributed by atoms with Crippen molar-refractivity contribution in [2.45, 2.75) is 52.1 Å². The number of aliphatic carboxylic acids is 1. The summed E-state index contributed by atoms with van der Waals surface area (Å²) in [6, 6.07) is 0.477. The highest BCUT2D eigenvalue weighted by atomic mass is 16.5. The minimum Gasteiger partial charge on any atom is -0.481 e. The molecule has 18 heavy (non-hydrogen) atoms. The zero-order chi connectivity index (χ0) is 13.7. The Balaban J connectivity index is 2.64. The minimum absolute atomic E-state index is 0.0245. The molecule has 106 valence electrons. The molecule has 1 rings (SSSR count). The molecule has 0 saturated carbocycles. The van der Waals surface area contributed by atoms with Gasteiger partial charge in [0.15, 0.2) is 0 Å². The van der Waals surface area contributed by atoms with Crippen LogP contribution in [0.2, 0.25) is 0 Å². The van der Waals surface area contributed by atoms with Crippen LogP contribution in [0.15, 0.2) is 0 Å². The second kappa shape index (κ2) is 7.10. The lowest BCUT2D eigenvalue weighted by Gasteiger charge is -2.35. The van der Waals surface area contributed by atoms with E-state index in [1.54, 1.807) is 0 Å². The van der Waals surface area contributed by atoms with E-state index in [-0.39, 0.29) is 12.0 Å². The molecule has 0 aromatic carbocycles. The molecule has 1 fully saturated rings. The molecule has 0 spiro atoms.